The second-order valence-corrected chi connectivity index (χ2v) is 8.51. The summed E-state index contributed by atoms with van der Waals surface area (Å²) in [6.45, 7) is 6.48. The average molecular weight is 399 g/mol. The summed E-state index contributed by atoms with van der Waals surface area (Å²) in [4.78, 5) is 21.1. The number of likely N-dealkylation sites (tertiary alicyclic amines) is 2. The number of aromatic nitrogens is 1. The smallest absolute Gasteiger partial charge is 0.224 e. The largest absolute Gasteiger partial charge is 0.383 e. The number of aromatic amines is 1. The number of amides is 1. The third-order valence-corrected chi connectivity index (χ3v) is 6.48. The molecule has 0 radical (unpaired) electrons. The number of benzene rings is 1. The zero-order valence-corrected chi connectivity index (χ0v) is 17.5. The second kappa shape index (κ2) is 9.74. The Morgan fingerprint density at radius 1 is 1.21 bits per heavy atom. The molecule has 2 aromatic rings. The molecule has 2 fully saturated rings. The lowest BCUT2D eigenvalue weighted by atomic mass is 9.93. The predicted molar refractivity (Wildman–Crippen MR) is 116 cm³/mol. The zero-order valence-electron chi connectivity index (χ0n) is 17.5. The van der Waals surface area contributed by atoms with Crippen LogP contribution < -0.4 is 5.32 Å². The highest BCUT2D eigenvalue weighted by molar-refractivity contribution is 5.80. The third kappa shape index (κ3) is 5.18. The topological polar surface area (TPSA) is 60.6 Å². The number of hydrogen-bond acceptors (Lipinski definition) is 4. The van der Waals surface area contributed by atoms with Gasteiger partial charge in [-0.1, -0.05) is 18.2 Å². The molecule has 29 heavy (non-hydrogen) atoms. The van der Waals surface area contributed by atoms with Crippen molar-refractivity contribution in [2.24, 2.45) is 5.92 Å². The molecular formula is C23H34N4O2. The van der Waals surface area contributed by atoms with Crippen LogP contribution in [-0.4, -0.2) is 73.2 Å². The van der Waals surface area contributed by atoms with E-state index >= 15 is 0 Å². The molecule has 0 bridgehead atoms. The van der Waals surface area contributed by atoms with Crippen LogP contribution in [0.25, 0.3) is 10.9 Å². The van der Waals surface area contributed by atoms with Crippen molar-refractivity contribution in [1.29, 1.82) is 0 Å². The molecule has 0 saturated carbocycles. The summed E-state index contributed by atoms with van der Waals surface area (Å²) in [7, 11) is 1.67. The van der Waals surface area contributed by atoms with Gasteiger partial charge < -0.3 is 15.0 Å². The van der Waals surface area contributed by atoms with E-state index in [2.05, 4.69) is 50.4 Å². The molecule has 6 nitrogen and oxygen atoms in total. The Kier molecular flexibility index (Phi) is 6.85. The first-order chi connectivity index (χ1) is 14.2. The van der Waals surface area contributed by atoms with Crippen molar-refractivity contribution in [3.05, 3.63) is 36.0 Å². The van der Waals surface area contributed by atoms with Gasteiger partial charge in [0.05, 0.1) is 12.5 Å². The van der Waals surface area contributed by atoms with Gasteiger partial charge in [0.15, 0.2) is 0 Å². The summed E-state index contributed by atoms with van der Waals surface area (Å²) >= 11 is 0. The molecule has 1 amide bonds. The van der Waals surface area contributed by atoms with E-state index in [0.717, 1.165) is 45.6 Å². The zero-order chi connectivity index (χ0) is 20.1. The van der Waals surface area contributed by atoms with Crippen molar-refractivity contribution in [3.63, 3.8) is 0 Å². The minimum absolute atomic E-state index is 0.130. The standard InChI is InChI=1S/C23H34N4O2/c1-29-14-10-24-23(28)19-6-4-11-27(16-19)21-8-12-26(13-9-21)17-20-15-18-5-2-3-7-22(18)25-20/h2-3,5,7,15,19,21,25H,4,6,8-14,16-17H2,1H3,(H,24,28). The van der Waals surface area contributed by atoms with E-state index in [1.54, 1.807) is 7.11 Å². The van der Waals surface area contributed by atoms with Gasteiger partial charge in [0.2, 0.25) is 5.91 Å². The fourth-order valence-corrected chi connectivity index (χ4v) is 4.87. The molecule has 1 atom stereocenters. The second-order valence-electron chi connectivity index (χ2n) is 8.51. The molecule has 0 spiro atoms. The van der Waals surface area contributed by atoms with E-state index in [-0.39, 0.29) is 11.8 Å². The number of hydrogen-bond donors (Lipinski definition) is 2. The molecule has 1 aromatic heterocycles. The van der Waals surface area contributed by atoms with E-state index in [1.165, 1.54) is 29.4 Å². The van der Waals surface area contributed by atoms with E-state index < -0.39 is 0 Å². The maximum atomic E-state index is 12.4. The number of fused-ring (bicyclic) bond motifs is 1. The SMILES string of the molecule is COCCNC(=O)C1CCCN(C2CCN(Cc3cc4ccccc4[nH]3)CC2)C1. The van der Waals surface area contributed by atoms with E-state index in [1.807, 2.05) is 0 Å². The highest BCUT2D eigenvalue weighted by Crippen LogP contribution is 2.25. The number of carbonyl (C=O) groups excluding carboxylic acids is 1. The fourth-order valence-electron chi connectivity index (χ4n) is 4.87. The van der Waals surface area contributed by atoms with Crippen LogP contribution >= 0.6 is 0 Å². The first-order valence-corrected chi connectivity index (χ1v) is 11.0. The summed E-state index contributed by atoms with van der Waals surface area (Å²) in [5, 5.41) is 4.31. The van der Waals surface area contributed by atoms with Gasteiger partial charge in [-0.3, -0.25) is 14.6 Å². The van der Waals surface area contributed by atoms with Crippen molar-refractivity contribution < 1.29 is 9.53 Å². The molecule has 2 aliphatic rings. The van der Waals surface area contributed by atoms with Crippen LogP contribution in [0.3, 0.4) is 0 Å². The number of nitrogens with one attached hydrogen (secondary N) is 2. The molecule has 0 aliphatic carbocycles. The fraction of sp³-hybridized carbons (Fsp3) is 0.609. The Morgan fingerprint density at radius 2 is 2.03 bits per heavy atom. The molecule has 2 saturated heterocycles. The molecule has 2 aliphatic heterocycles. The Balaban J connectivity index is 1.25. The van der Waals surface area contributed by atoms with Crippen LogP contribution in [0.15, 0.2) is 30.3 Å². The predicted octanol–water partition coefficient (Wildman–Crippen LogP) is 2.61. The van der Waals surface area contributed by atoms with Gasteiger partial charge in [0.25, 0.3) is 0 Å². The van der Waals surface area contributed by atoms with Crippen LogP contribution in [0.1, 0.15) is 31.4 Å². The molecule has 1 unspecified atom stereocenters. The number of para-hydroxylation sites is 1. The number of nitrogens with zero attached hydrogens (tertiary/aromatic N) is 2. The molecule has 2 N–H and O–H groups in total. The highest BCUT2D eigenvalue weighted by Gasteiger charge is 2.31. The normalized spacial score (nSPS) is 22.2. The monoisotopic (exact) mass is 398 g/mol. The third-order valence-electron chi connectivity index (χ3n) is 6.48. The summed E-state index contributed by atoms with van der Waals surface area (Å²) in [6, 6.07) is 11.4. The van der Waals surface area contributed by atoms with Crippen molar-refractivity contribution in [1.82, 2.24) is 20.1 Å². The summed E-state index contributed by atoms with van der Waals surface area (Å²) in [5.74, 6) is 0.327. The van der Waals surface area contributed by atoms with Crippen LogP contribution in [0.2, 0.25) is 0 Å². The first kappa shape index (κ1) is 20.4. The summed E-state index contributed by atoms with van der Waals surface area (Å²) < 4.78 is 5.03. The van der Waals surface area contributed by atoms with E-state index in [9.17, 15) is 4.79 Å². The molecule has 3 heterocycles. The number of methoxy groups -OCH3 is 1. The Labute approximate surface area is 173 Å². The molecular weight excluding hydrogens is 364 g/mol. The summed E-state index contributed by atoms with van der Waals surface area (Å²) in [5.41, 5.74) is 2.52. The molecule has 6 heteroatoms. The highest BCUT2D eigenvalue weighted by atomic mass is 16.5. The van der Waals surface area contributed by atoms with Crippen LogP contribution in [-0.2, 0) is 16.1 Å². The maximum Gasteiger partial charge on any atom is 0.224 e. The van der Waals surface area contributed by atoms with Gasteiger partial charge in [-0.15, -0.1) is 0 Å². The molecule has 4 rings (SSSR count). The van der Waals surface area contributed by atoms with Gasteiger partial charge in [0.1, 0.15) is 0 Å². The van der Waals surface area contributed by atoms with Crippen LogP contribution in [0, 0.1) is 5.92 Å². The van der Waals surface area contributed by atoms with E-state index in [0.29, 0.717) is 19.2 Å². The maximum absolute atomic E-state index is 12.4. The van der Waals surface area contributed by atoms with Crippen molar-refractivity contribution in [3.8, 4) is 0 Å². The number of carbonyl (C=O) groups is 1. The Bertz CT molecular complexity index is 764. The van der Waals surface area contributed by atoms with Crippen LogP contribution in [0.4, 0.5) is 0 Å². The van der Waals surface area contributed by atoms with Gasteiger partial charge in [-0.2, -0.15) is 0 Å². The van der Waals surface area contributed by atoms with Crippen molar-refractivity contribution >= 4 is 16.8 Å². The van der Waals surface area contributed by atoms with Gasteiger partial charge in [-0.05, 0) is 49.7 Å². The number of piperidine rings is 2. The lowest BCUT2D eigenvalue weighted by molar-refractivity contribution is -0.127. The lowest BCUT2D eigenvalue weighted by Gasteiger charge is -2.42. The number of rotatable bonds is 7. The van der Waals surface area contributed by atoms with Gasteiger partial charge >= 0.3 is 0 Å². The minimum atomic E-state index is 0.130. The van der Waals surface area contributed by atoms with E-state index in [4.69, 9.17) is 4.74 Å². The Hall–Kier alpha value is -1.89. The summed E-state index contributed by atoms with van der Waals surface area (Å²) in [6.07, 6.45) is 4.52. The average Bonchev–Trinajstić information content (AvgIpc) is 3.17. The van der Waals surface area contributed by atoms with Crippen LogP contribution in [0.5, 0.6) is 0 Å². The number of ether oxygens (including phenoxy) is 1. The van der Waals surface area contributed by atoms with Gasteiger partial charge in [-0.25, -0.2) is 0 Å². The quantitative estimate of drug-likeness (QED) is 0.704. The minimum Gasteiger partial charge on any atom is -0.383 e. The Morgan fingerprint density at radius 3 is 2.83 bits per heavy atom. The van der Waals surface area contributed by atoms with Gasteiger partial charge in [0, 0.05) is 57.1 Å². The lowest BCUT2D eigenvalue weighted by Crippen LogP contribution is -2.50. The molecule has 1 aromatic carbocycles. The molecule has 158 valence electrons. The number of H-pyrrole nitrogens is 1. The first-order valence-electron chi connectivity index (χ1n) is 11.0. The van der Waals surface area contributed by atoms with Crippen molar-refractivity contribution in [2.75, 3.05) is 46.4 Å². The van der Waals surface area contributed by atoms with Crippen molar-refractivity contribution in [2.45, 2.75) is 38.3 Å².